The van der Waals surface area contributed by atoms with Crippen LogP contribution in [0.3, 0.4) is 0 Å². The predicted molar refractivity (Wildman–Crippen MR) is 46.0 cm³/mol. The molecule has 12 heavy (non-hydrogen) atoms. The first-order valence-electron chi connectivity index (χ1n) is 4.29. The van der Waals surface area contributed by atoms with Crippen molar-refractivity contribution in [2.75, 3.05) is 0 Å². The Kier molecular flexibility index (Phi) is 3.01. The third-order valence-corrected chi connectivity index (χ3v) is 2.19. The minimum Gasteiger partial charge on any atom is -0.209 e. The third-order valence-electron chi connectivity index (χ3n) is 2.19. The highest BCUT2D eigenvalue weighted by Crippen LogP contribution is 2.38. The van der Waals surface area contributed by atoms with Crippen molar-refractivity contribution in [3.05, 3.63) is 23.8 Å². The molecule has 0 amide bonds. The summed E-state index contributed by atoms with van der Waals surface area (Å²) in [4.78, 5) is 0. The second kappa shape index (κ2) is 3.83. The van der Waals surface area contributed by atoms with Crippen LogP contribution in [0.4, 0.5) is 8.78 Å². The summed E-state index contributed by atoms with van der Waals surface area (Å²) >= 11 is 0. The average molecular weight is 172 g/mol. The van der Waals surface area contributed by atoms with E-state index < -0.39 is 11.7 Å². The Morgan fingerprint density at radius 3 is 2.33 bits per heavy atom. The topological polar surface area (TPSA) is 0 Å². The van der Waals surface area contributed by atoms with E-state index in [-0.39, 0.29) is 6.42 Å². The summed E-state index contributed by atoms with van der Waals surface area (Å²) in [5, 5.41) is 0. The average Bonchev–Trinajstić information content (AvgIpc) is 2.81. The van der Waals surface area contributed by atoms with Crippen LogP contribution < -0.4 is 0 Å². The molecule has 0 N–H and O–H groups in total. The molecular weight excluding hydrogens is 158 g/mol. The van der Waals surface area contributed by atoms with Gasteiger partial charge in [-0.2, -0.15) is 0 Å². The van der Waals surface area contributed by atoms with E-state index in [1.54, 1.807) is 0 Å². The van der Waals surface area contributed by atoms with E-state index in [0.717, 1.165) is 12.5 Å². The second-order valence-electron chi connectivity index (χ2n) is 3.37. The molecule has 0 bridgehead atoms. The zero-order valence-electron chi connectivity index (χ0n) is 7.37. The molecule has 0 aromatic heterocycles. The summed E-state index contributed by atoms with van der Waals surface area (Å²) in [6, 6.07) is 0. The lowest BCUT2D eigenvalue weighted by atomic mass is 10.1. The highest BCUT2D eigenvalue weighted by molar-refractivity contribution is 5.10. The summed E-state index contributed by atoms with van der Waals surface area (Å²) in [5.41, 5.74) is 1.08. The van der Waals surface area contributed by atoms with Crippen molar-refractivity contribution in [2.24, 2.45) is 5.92 Å². The van der Waals surface area contributed by atoms with Crippen molar-refractivity contribution in [3.8, 4) is 0 Å². The first-order chi connectivity index (χ1) is 5.61. The molecule has 0 saturated heterocycles. The van der Waals surface area contributed by atoms with Crippen LogP contribution in [0.5, 0.6) is 0 Å². The van der Waals surface area contributed by atoms with Crippen LogP contribution >= 0.6 is 0 Å². The van der Waals surface area contributed by atoms with Gasteiger partial charge in [0.25, 0.3) is 0 Å². The van der Waals surface area contributed by atoms with Gasteiger partial charge in [0.15, 0.2) is 0 Å². The molecule has 0 aromatic carbocycles. The lowest BCUT2D eigenvalue weighted by Gasteiger charge is -2.01. The minimum absolute atomic E-state index is 0.178. The fraction of sp³-hybridized carbons (Fsp3) is 0.600. The summed E-state index contributed by atoms with van der Waals surface area (Å²) in [6.45, 7) is 4.98. The summed E-state index contributed by atoms with van der Waals surface area (Å²) in [5.74, 6) is -0.729. The molecule has 0 nitrogen and oxygen atoms in total. The number of hydrogen-bond donors (Lipinski definition) is 0. The number of allylic oxidation sites excluding steroid dienone is 3. The maximum absolute atomic E-state index is 12.6. The van der Waals surface area contributed by atoms with Crippen molar-refractivity contribution in [1.29, 1.82) is 0 Å². The molecule has 0 heterocycles. The summed E-state index contributed by atoms with van der Waals surface area (Å²) in [6.07, 6.45) is 3.13. The molecule has 1 aliphatic rings. The van der Waals surface area contributed by atoms with Crippen molar-refractivity contribution in [2.45, 2.75) is 32.6 Å². The Hall–Kier alpha value is -0.660. The largest absolute Gasteiger partial charge is 0.209 e. The standard InChI is InChI=1S/C10H14F2/c1-7(9-4-5-9)3-6-10(12)8(2)11/h9H,1,3-6H2,2H3/b10-8-. The molecule has 0 unspecified atom stereocenters. The molecule has 0 radical (unpaired) electrons. The van der Waals surface area contributed by atoms with Crippen LogP contribution in [0.15, 0.2) is 23.8 Å². The molecule has 1 aliphatic carbocycles. The van der Waals surface area contributed by atoms with Gasteiger partial charge in [0.2, 0.25) is 0 Å². The van der Waals surface area contributed by atoms with E-state index in [1.165, 1.54) is 12.8 Å². The van der Waals surface area contributed by atoms with Gasteiger partial charge in [-0.25, -0.2) is 8.78 Å². The molecule has 1 saturated carbocycles. The van der Waals surface area contributed by atoms with Crippen LogP contribution in [0.2, 0.25) is 0 Å². The zero-order valence-corrected chi connectivity index (χ0v) is 7.37. The van der Waals surface area contributed by atoms with Gasteiger partial charge in [-0.1, -0.05) is 12.2 Å². The van der Waals surface area contributed by atoms with E-state index in [1.807, 2.05) is 0 Å². The van der Waals surface area contributed by atoms with E-state index in [0.29, 0.717) is 12.3 Å². The Morgan fingerprint density at radius 1 is 1.33 bits per heavy atom. The Labute approximate surface area is 72.0 Å². The molecule has 0 spiro atoms. The third kappa shape index (κ3) is 2.76. The quantitative estimate of drug-likeness (QED) is 0.564. The lowest BCUT2D eigenvalue weighted by molar-refractivity contribution is 0.507. The molecule has 0 aromatic rings. The second-order valence-corrected chi connectivity index (χ2v) is 3.37. The predicted octanol–water partition coefficient (Wildman–Crippen LogP) is 3.90. The van der Waals surface area contributed by atoms with Gasteiger partial charge in [-0.05, 0) is 32.1 Å². The van der Waals surface area contributed by atoms with Crippen molar-refractivity contribution in [1.82, 2.24) is 0 Å². The van der Waals surface area contributed by atoms with Crippen molar-refractivity contribution in [3.63, 3.8) is 0 Å². The van der Waals surface area contributed by atoms with E-state index >= 15 is 0 Å². The van der Waals surface area contributed by atoms with Gasteiger partial charge in [0, 0.05) is 6.42 Å². The Balaban J connectivity index is 2.24. The molecule has 1 rings (SSSR count). The smallest absolute Gasteiger partial charge is 0.131 e. The molecular formula is C10H14F2. The Bertz CT molecular complexity index is 208. The normalized spacial score (nSPS) is 18.9. The first kappa shape index (κ1) is 9.43. The van der Waals surface area contributed by atoms with E-state index in [4.69, 9.17) is 0 Å². The van der Waals surface area contributed by atoms with Crippen molar-refractivity contribution >= 4 is 0 Å². The molecule has 0 atom stereocenters. The van der Waals surface area contributed by atoms with Gasteiger partial charge < -0.3 is 0 Å². The number of halogens is 2. The van der Waals surface area contributed by atoms with Gasteiger partial charge in [-0.3, -0.25) is 0 Å². The summed E-state index contributed by atoms with van der Waals surface area (Å²) < 4.78 is 24.9. The SMILES string of the molecule is C=C(CC/C(F)=C(\C)F)C1CC1. The molecule has 68 valence electrons. The first-order valence-corrected chi connectivity index (χ1v) is 4.29. The van der Waals surface area contributed by atoms with Crippen molar-refractivity contribution < 1.29 is 8.78 Å². The maximum Gasteiger partial charge on any atom is 0.131 e. The van der Waals surface area contributed by atoms with Gasteiger partial charge in [0.1, 0.15) is 11.7 Å². The monoisotopic (exact) mass is 172 g/mol. The van der Waals surface area contributed by atoms with Crippen LogP contribution in [0.25, 0.3) is 0 Å². The Morgan fingerprint density at radius 2 is 1.92 bits per heavy atom. The number of rotatable bonds is 4. The van der Waals surface area contributed by atoms with E-state index in [2.05, 4.69) is 6.58 Å². The van der Waals surface area contributed by atoms with Gasteiger partial charge in [-0.15, -0.1) is 0 Å². The van der Waals surface area contributed by atoms with Crippen LogP contribution in [0.1, 0.15) is 32.6 Å². The fourth-order valence-corrected chi connectivity index (χ4v) is 1.14. The lowest BCUT2D eigenvalue weighted by Crippen LogP contribution is -1.85. The zero-order chi connectivity index (χ0) is 9.14. The molecule has 0 aliphatic heterocycles. The maximum atomic E-state index is 12.6. The van der Waals surface area contributed by atoms with Crippen LogP contribution in [-0.4, -0.2) is 0 Å². The number of hydrogen-bond acceptors (Lipinski definition) is 0. The van der Waals surface area contributed by atoms with Crippen LogP contribution in [-0.2, 0) is 0 Å². The highest BCUT2D eigenvalue weighted by Gasteiger charge is 2.24. The minimum atomic E-state index is -0.696. The fourth-order valence-electron chi connectivity index (χ4n) is 1.14. The van der Waals surface area contributed by atoms with E-state index in [9.17, 15) is 8.78 Å². The summed E-state index contributed by atoms with van der Waals surface area (Å²) in [7, 11) is 0. The van der Waals surface area contributed by atoms with Crippen LogP contribution in [0, 0.1) is 5.92 Å². The highest BCUT2D eigenvalue weighted by atomic mass is 19.2. The van der Waals surface area contributed by atoms with Gasteiger partial charge in [0.05, 0.1) is 0 Å². The molecule has 1 fully saturated rings. The molecule has 2 heteroatoms. The van der Waals surface area contributed by atoms with Gasteiger partial charge >= 0.3 is 0 Å².